The second-order valence-corrected chi connectivity index (χ2v) is 7.23. The molecule has 3 N–H and O–H groups in total. The summed E-state index contributed by atoms with van der Waals surface area (Å²) < 4.78 is 9.67. The Bertz CT molecular complexity index is 420. The molecule has 0 aliphatic heterocycles. The van der Waals surface area contributed by atoms with Crippen LogP contribution in [0.25, 0.3) is 0 Å². The second kappa shape index (κ2) is 9.74. The highest BCUT2D eigenvalue weighted by Crippen LogP contribution is 2.16. The van der Waals surface area contributed by atoms with Crippen molar-refractivity contribution in [2.24, 2.45) is 11.3 Å². The second-order valence-electron chi connectivity index (χ2n) is 6.16. The Hall–Kier alpha value is -1.32. The fourth-order valence-electron chi connectivity index (χ4n) is 1.10. The lowest BCUT2D eigenvalue weighted by Gasteiger charge is -2.19. The number of rotatable bonds is 9. The SMILES string of the molecule is CC(C)C(=O)N[C@@H](CSC(O)OCOC(=O)C(C)(C)C)C(=O)O. The van der Waals surface area contributed by atoms with Crippen molar-refractivity contribution >= 4 is 29.6 Å². The van der Waals surface area contributed by atoms with Crippen LogP contribution in [0.5, 0.6) is 0 Å². The van der Waals surface area contributed by atoms with E-state index in [-0.39, 0.29) is 11.7 Å². The van der Waals surface area contributed by atoms with Crippen LogP contribution in [0.2, 0.25) is 0 Å². The third-order valence-electron chi connectivity index (χ3n) is 2.56. The van der Waals surface area contributed by atoms with Crippen molar-refractivity contribution < 1.29 is 34.1 Å². The lowest BCUT2D eigenvalue weighted by molar-refractivity contribution is -0.176. The Kier molecular flexibility index (Phi) is 9.18. The highest BCUT2D eigenvalue weighted by atomic mass is 32.2. The minimum absolute atomic E-state index is 0.0951. The smallest absolute Gasteiger partial charge is 0.327 e. The van der Waals surface area contributed by atoms with Crippen molar-refractivity contribution in [3.63, 3.8) is 0 Å². The van der Waals surface area contributed by atoms with E-state index < -0.39 is 41.7 Å². The standard InChI is InChI=1S/C14H25NO7S/c1-8(2)10(16)15-9(11(17)18)6-23-13(20)22-7-21-12(19)14(3,4)5/h8-9,13,20H,6-7H2,1-5H3,(H,15,16)(H,17,18)/t9-,13?/m0/s1. The summed E-state index contributed by atoms with van der Waals surface area (Å²) in [6.07, 6.45) is 0. The molecule has 2 atom stereocenters. The first-order valence-electron chi connectivity index (χ1n) is 7.06. The first-order valence-corrected chi connectivity index (χ1v) is 8.11. The van der Waals surface area contributed by atoms with Gasteiger partial charge in [-0.3, -0.25) is 9.59 Å². The summed E-state index contributed by atoms with van der Waals surface area (Å²) in [7, 11) is 0. The van der Waals surface area contributed by atoms with E-state index >= 15 is 0 Å². The van der Waals surface area contributed by atoms with Gasteiger partial charge in [0.1, 0.15) is 6.04 Å². The fraction of sp³-hybridized carbons (Fsp3) is 0.786. The van der Waals surface area contributed by atoms with Crippen molar-refractivity contribution in [2.45, 2.75) is 46.3 Å². The van der Waals surface area contributed by atoms with Gasteiger partial charge in [-0.2, -0.15) is 0 Å². The zero-order chi connectivity index (χ0) is 18.2. The molecule has 0 aromatic heterocycles. The number of hydrogen-bond donors (Lipinski definition) is 3. The van der Waals surface area contributed by atoms with Gasteiger partial charge >= 0.3 is 11.9 Å². The number of aliphatic hydroxyl groups is 1. The quantitative estimate of drug-likeness (QED) is 0.411. The molecule has 0 fully saturated rings. The number of ether oxygens (including phenoxy) is 2. The Morgan fingerprint density at radius 2 is 1.78 bits per heavy atom. The van der Waals surface area contributed by atoms with Gasteiger partial charge in [0, 0.05) is 11.7 Å². The first-order chi connectivity index (χ1) is 10.4. The van der Waals surface area contributed by atoms with Crippen LogP contribution in [0.15, 0.2) is 0 Å². The van der Waals surface area contributed by atoms with Crippen LogP contribution in [0, 0.1) is 11.3 Å². The Morgan fingerprint density at radius 3 is 2.22 bits per heavy atom. The molecule has 0 aromatic carbocycles. The minimum atomic E-state index is -1.37. The minimum Gasteiger partial charge on any atom is -0.480 e. The van der Waals surface area contributed by atoms with Crippen LogP contribution in [0.1, 0.15) is 34.6 Å². The van der Waals surface area contributed by atoms with E-state index in [0.29, 0.717) is 0 Å². The molecular weight excluding hydrogens is 326 g/mol. The number of amides is 1. The van der Waals surface area contributed by atoms with E-state index in [2.05, 4.69) is 5.32 Å². The largest absolute Gasteiger partial charge is 0.480 e. The first kappa shape index (κ1) is 21.7. The zero-order valence-corrected chi connectivity index (χ0v) is 14.8. The molecule has 0 saturated heterocycles. The van der Waals surface area contributed by atoms with Crippen molar-refractivity contribution in [3.05, 3.63) is 0 Å². The van der Waals surface area contributed by atoms with Gasteiger partial charge in [-0.05, 0) is 20.8 Å². The van der Waals surface area contributed by atoms with Crippen LogP contribution < -0.4 is 5.32 Å². The molecule has 23 heavy (non-hydrogen) atoms. The average Bonchev–Trinajstić information content (AvgIpc) is 2.41. The molecule has 1 amide bonds. The predicted molar refractivity (Wildman–Crippen MR) is 84.4 cm³/mol. The van der Waals surface area contributed by atoms with E-state index in [9.17, 15) is 19.5 Å². The van der Waals surface area contributed by atoms with E-state index in [0.717, 1.165) is 11.8 Å². The number of aliphatic hydroxyl groups excluding tert-OH is 1. The maximum atomic E-state index is 11.5. The fourth-order valence-corrected chi connectivity index (χ4v) is 1.84. The predicted octanol–water partition coefficient (Wildman–Crippen LogP) is 0.784. The number of hydrogen-bond acceptors (Lipinski definition) is 7. The molecule has 0 bridgehead atoms. The summed E-state index contributed by atoms with van der Waals surface area (Å²) in [6, 6.07) is -1.15. The molecule has 8 nitrogen and oxygen atoms in total. The molecule has 0 aromatic rings. The van der Waals surface area contributed by atoms with E-state index in [1.54, 1.807) is 34.6 Å². The highest BCUT2D eigenvalue weighted by molar-refractivity contribution is 7.99. The van der Waals surface area contributed by atoms with Crippen LogP contribution in [-0.4, -0.2) is 52.3 Å². The van der Waals surface area contributed by atoms with Gasteiger partial charge in [0.25, 0.3) is 0 Å². The van der Waals surface area contributed by atoms with Crippen LogP contribution >= 0.6 is 11.8 Å². The number of esters is 1. The summed E-state index contributed by atoms with van der Waals surface area (Å²) in [5.41, 5.74) is -2.06. The molecule has 0 heterocycles. The number of carboxylic acids is 1. The summed E-state index contributed by atoms with van der Waals surface area (Å²) >= 11 is 0.772. The monoisotopic (exact) mass is 351 g/mol. The number of carbonyl (C=O) groups excluding carboxylic acids is 2. The van der Waals surface area contributed by atoms with Gasteiger partial charge in [-0.15, -0.1) is 0 Å². The number of aliphatic carboxylic acids is 1. The maximum Gasteiger partial charge on any atom is 0.327 e. The Morgan fingerprint density at radius 1 is 1.22 bits per heavy atom. The Labute approximate surface area is 139 Å². The molecule has 0 spiro atoms. The van der Waals surface area contributed by atoms with Crippen LogP contribution in [0.4, 0.5) is 0 Å². The van der Waals surface area contributed by atoms with E-state index in [1.165, 1.54) is 0 Å². The maximum absolute atomic E-state index is 11.5. The normalized spacial score (nSPS) is 14.2. The van der Waals surface area contributed by atoms with Crippen molar-refractivity contribution in [3.8, 4) is 0 Å². The lowest BCUT2D eigenvalue weighted by atomic mass is 9.98. The lowest BCUT2D eigenvalue weighted by Crippen LogP contribution is -2.44. The van der Waals surface area contributed by atoms with E-state index in [4.69, 9.17) is 14.6 Å². The number of carboxylic acid groups (broad SMARTS) is 1. The number of carbonyl (C=O) groups is 3. The van der Waals surface area contributed by atoms with Crippen molar-refractivity contribution in [1.82, 2.24) is 5.32 Å². The molecule has 1 unspecified atom stereocenters. The highest BCUT2D eigenvalue weighted by Gasteiger charge is 2.25. The van der Waals surface area contributed by atoms with Gasteiger partial charge in [-0.25, -0.2) is 4.79 Å². The molecule has 0 rings (SSSR count). The topological polar surface area (TPSA) is 122 Å². The molecule has 0 radical (unpaired) electrons. The molecule has 0 aliphatic rings. The average molecular weight is 351 g/mol. The van der Waals surface area contributed by atoms with Gasteiger partial charge in [0.2, 0.25) is 11.5 Å². The molecular formula is C14H25NO7S. The van der Waals surface area contributed by atoms with Crippen molar-refractivity contribution in [2.75, 3.05) is 12.5 Å². The van der Waals surface area contributed by atoms with Crippen LogP contribution in [0.3, 0.4) is 0 Å². The third-order valence-corrected chi connectivity index (χ3v) is 3.50. The summed E-state index contributed by atoms with van der Waals surface area (Å²) in [4.78, 5) is 34.0. The van der Waals surface area contributed by atoms with Gasteiger partial charge in [-0.1, -0.05) is 25.6 Å². The van der Waals surface area contributed by atoms with Gasteiger partial charge in [0.05, 0.1) is 5.41 Å². The number of nitrogens with one attached hydrogen (secondary N) is 1. The molecule has 134 valence electrons. The molecule has 0 aliphatic carbocycles. The van der Waals surface area contributed by atoms with Crippen LogP contribution in [-0.2, 0) is 23.9 Å². The number of thioether (sulfide) groups is 1. The van der Waals surface area contributed by atoms with E-state index in [1.807, 2.05) is 0 Å². The molecule has 0 saturated carbocycles. The van der Waals surface area contributed by atoms with Gasteiger partial charge < -0.3 is 25.0 Å². The molecule has 9 heteroatoms. The van der Waals surface area contributed by atoms with Crippen molar-refractivity contribution in [1.29, 1.82) is 0 Å². The Balaban J connectivity index is 4.18. The zero-order valence-electron chi connectivity index (χ0n) is 14.0. The van der Waals surface area contributed by atoms with Gasteiger partial charge in [0.15, 0.2) is 6.79 Å². The third kappa shape index (κ3) is 9.42. The summed E-state index contributed by atoms with van der Waals surface area (Å²) in [5, 5.41) is 21.0. The summed E-state index contributed by atoms with van der Waals surface area (Å²) in [5.74, 6) is -2.53. The summed E-state index contributed by atoms with van der Waals surface area (Å²) in [6.45, 7) is 7.87.